The Morgan fingerprint density at radius 3 is 1.79 bits per heavy atom. The Kier molecular flexibility index (Phi) is 5.90. The van der Waals surface area contributed by atoms with Gasteiger partial charge >= 0.3 is 0 Å². The van der Waals surface area contributed by atoms with Crippen molar-refractivity contribution in [1.82, 2.24) is 15.1 Å². The monoisotopic (exact) mass is 343 g/mol. The fourth-order valence-electron chi connectivity index (χ4n) is 3.98. The molecule has 0 aromatic heterocycles. The van der Waals surface area contributed by atoms with Crippen molar-refractivity contribution >= 4 is 12.4 Å². The zero-order chi connectivity index (χ0) is 15.5. The van der Waals surface area contributed by atoms with E-state index >= 15 is 0 Å². The lowest BCUT2D eigenvalue weighted by atomic mass is 9.99. The van der Waals surface area contributed by atoms with Crippen LogP contribution in [0.3, 0.4) is 0 Å². The molecule has 2 unspecified atom stereocenters. The molecule has 2 aromatic rings. The van der Waals surface area contributed by atoms with Crippen LogP contribution in [-0.2, 0) is 13.1 Å². The van der Waals surface area contributed by atoms with Crippen LogP contribution in [0.5, 0.6) is 0 Å². The average molecular weight is 344 g/mol. The number of fused-ring (bicyclic) bond motifs is 2. The maximum Gasteiger partial charge on any atom is 0.0355 e. The maximum atomic E-state index is 3.62. The normalized spacial score (nSPS) is 24.3. The number of benzene rings is 2. The zero-order valence-corrected chi connectivity index (χ0v) is 14.8. The van der Waals surface area contributed by atoms with E-state index in [-0.39, 0.29) is 12.4 Å². The molecule has 0 saturated carbocycles. The molecule has 2 aliphatic heterocycles. The molecule has 2 saturated heterocycles. The third kappa shape index (κ3) is 3.98. The van der Waals surface area contributed by atoms with E-state index in [9.17, 15) is 0 Å². The van der Waals surface area contributed by atoms with Crippen LogP contribution in [0, 0.1) is 0 Å². The van der Waals surface area contributed by atoms with Crippen LogP contribution in [0.1, 0.15) is 11.1 Å². The predicted octanol–water partition coefficient (Wildman–Crippen LogP) is 2.77. The molecule has 128 valence electrons. The number of halogens is 1. The standard InChI is InChI=1S/C20H25N3.ClH/c1-3-7-17(8-4-1)13-22-15-19-11-21-12-20(16-22)23(19)14-18-9-5-2-6-10-18;/h1-10,19-21H,11-16H2;1H. The van der Waals surface area contributed by atoms with E-state index in [4.69, 9.17) is 0 Å². The van der Waals surface area contributed by atoms with Crippen molar-refractivity contribution < 1.29 is 0 Å². The minimum absolute atomic E-state index is 0. The summed E-state index contributed by atoms with van der Waals surface area (Å²) in [6, 6.07) is 23.0. The van der Waals surface area contributed by atoms with Crippen molar-refractivity contribution in [2.24, 2.45) is 0 Å². The third-order valence-electron chi connectivity index (χ3n) is 5.09. The van der Waals surface area contributed by atoms with Crippen molar-refractivity contribution in [2.75, 3.05) is 26.2 Å². The van der Waals surface area contributed by atoms with E-state index in [1.807, 2.05) is 0 Å². The summed E-state index contributed by atoms with van der Waals surface area (Å²) in [4.78, 5) is 5.35. The number of hydrogen-bond donors (Lipinski definition) is 1. The van der Waals surface area contributed by atoms with Gasteiger partial charge in [0, 0.05) is 51.4 Å². The molecule has 3 nitrogen and oxygen atoms in total. The molecule has 2 bridgehead atoms. The summed E-state index contributed by atoms with van der Waals surface area (Å²) in [7, 11) is 0. The summed E-state index contributed by atoms with van der Waals surface area (Å²) in [5.74, 6) is 0. The highest BCUT2D eigenvalue weighted by atomic mass is 35.5. The quantitative estimate of drug-likeness (QED) is 0.921. The van der Waals surface area contributed by atoms with Crippen LogP contribution in [-0.4, -0.2) is 48.1 Å². The van der Waals surface area contributed by atoms with Crippen molar-refractivity contribution in [3.05, 3.63) is 71.8 Å². The first-order chi connectivity index (χ1) is 11.4. The number of nitrogens with zero attached hydrogens (tertiary/aromatic N) is 2. The minimum atomic E-state index is 0. The highest BCUT2D eigenvalue weighted by molar-refractivity contribution is 5.85. The van der Waals surface area contributed by atoms with Gasteiger partial charge in [-0.05, 0) is 11.1 Å². The number of piperazine rings is 2. The molecule has 2 heterocycles. The van der Waals surface area contributed by atoms with Gasteiger partial charge in [0.1, 0.15) is 0 Å². The topological polar surface area (TPSA) is 18.5 Å². The number of nitrogens with one attached hydrogen (secondary N) is 1. The van der Waals surface area contributed by atoms with Crippen molar-refractivity contribution in [3.8, 4) is 0 Å². The Morgan fingerprint density at radius 1 is 0.750 bits per heavy atom. The molecule has 0 aliphatic carbocycles. The zero-order valence-electron chi connectivity index (χ0n) is 14.0. The van der Waals surface area contributed by atoms with E-state index in [2.05, 4.69) is 75.8 Å². The van der Waals surface area contributed by atoms with Crippen molar-refractivity contribution in [3.63, 3.8) is 0 Å². The van der Waals surface area contributed by atoms with E-state index in [0.29, 0.717) is 12.1 Å². The Labute approximate surface area is 151 Å². The fourth-order valence-corrected chi connectivity index (χ4v) is 3.98. The maximum absolute atomic E-state index is 3.62. The summed E-state index contributed by atoms with van der Waals surface area (Å²) in [5, 5.41) is 3.62. The van der Waals surface area contributed by atoms with Gasteiger partial charge in [-0.25, -0.2) is 0 Å². The van der Waals surface area contributed by atoms with Gasteiger partial charge in [0.25, 0.3) is 0 Å². The van der Waals surface area contributed by atoms with E-state index in [0.717, 1.165) is 39.3 Å². The molecule has 2 fully saturated rings. The van der Waals surface area contributed by atoms with Gasteiger partial charge < -0.3 is 5.32 Å². The lowest BCUT2D eigenvalue weighted by Crippen LogP contribution is -2.67. The van der Waals surface area contributed by atoms with Crippen LogP contribution in [0.15, 0.2) is 60.7 Å². The Balaban J connectivity index is 0.00000169. The van der Waals surface area contributed by atoms with Crippen molar-refractivity contribution in [1.29, 1.82) is 0 Å². The first kappa shape index (κ1) is 17.4. The lowest BCUT2D eigenvalue weighted by Gasteiger charge is -2.50. The van der Waals surface area contributed by atoms with E-state index < -0.39 is 0 Å². The molecule has 0 amide bonds. The highest BCUT2D eigenvalue weighted by Gasteiger charge is 2.36. The summed E-state index contributed by atoms with van der Waals surface area (Å²) >= 11 is 0. The second-order valence-electron chi connectivity index (χ2n) is 6.80. The molecule has 4 heteroatoms. The molecule has 24 heavy (non-hydrogen) atoms. The largest absolute Gasteiger partial charge is 0.314 e. The van der Waals surface area contributed by atoms with Gasteiger partial charge in [0.05, 0.1) is 0 Å². The lowest BCUT2D eigenvalue weighted by molar-refractivity contribution is -0.00760. The fraction of sp³-hybridized carbons (Fsp3) is 0.400. The number of hydrogen-bond acceptors (Lipinski definition) is 3. The smallest absolute Gasteiger partial charge is 0.0355 e. The van der Waals surface area contributed by atoms with Gasteiger partial charge in [0.2, 0.25) is 0 Å². The van der Waals surface area contributed by atoms with Gasteiger partial charge in [-0.2, -0.15) is 0 Å². The molecule has 2 aromatic carbocycles. The molecular formula is C20H26ClN3. The first-order valence-electron chi connectivity index (χ1n) is 8.65. The summed E-state index contributed by atoms with van der Waals surface area (Å²) in [5.41, 5.74) is 2.86. The summed E-state index contributed by atoms with van der Waals surface area (Å²) in [6.07, 6.45) is 0. The molecule has 2 aliphatic rings. The van der Waals surface area contributed by atoms with E-state index in [1.165, 1.54) is 11.1 Å². The second kappa shape index (κ2) is 8.13. The highest BCUT2D eigenvalue weighted by Crippen LogP contribution is 2.23. The third-order valence-corrected chi connectivity index (χ3v) is 5.09. The van der Waals surface area contributed by atoms with Crippen LogP contribution in [0.25, 0.3) is 0 Å². The predicted molar refractivity (Wildman–Crippen MR) is 101 cm³/mol. The van der Waals surface area contributed by atoms with Gasteiger partial charge in [-0.3, -0.25) is 9.80 Å². The Hall–Kier alpha value is -1.39. The molecule has 2 atom stereocenters. The Bertz CT molecular complexity index is 605. The van der Waals surface area contributed by atoms with Gasteiger partial charge in [0.15, 0.2) is 0 Å². The van der Waals surface area contributed by atoms with Gasteiger partial charge in [-0.15, -0.1) is 12.4 Å². The average Bonchev–Trinajstić information content (AvgIpc) is 2.57. The van der Waals surface area contributed by atoms with Gasteiger partial charge in [-0.1, -0.05) is 60.7 Å². The first-order valence-corrected chi connectivity index (χ1v) is 8.65. The van der Waals surface area contributed by atoms with Crippen LogP contribution < -0.4 is 5.32 Å². The van der Waals surface area contributed by atoms with Crippen LogP contribution in [0.2, 0.25) is 0 Å². The number of rotatable bonds is 4. The molecule has 0 radical (unpaired) electrons. The van der Waals surface area contributed by atoms with E-state index in [1.54, 1.807) is 0 Å². The summed E-state index contributed by atoms with van der Waals surface area (Å²) in [6.45, 7) is 6.68. The SMILES string of the molecule is Cl.c1ccc(CN2CC3CNCC(C2)N3Cc2ccccc2)cc1. The molecule has 4 rings (SSSR count). The van der Waals surface area contributed by atoms with Crippen molar-refractivity contribution in [2.45, 2.75) is 25.2 Å². The molecular weight excluding hydrogens is 318 g/mol. The Morgan fingerprint density at radius 2 is 1.25 bits per heavy atom. The van der Waals surface area contributed by atoms with Crippen LogP contribution in [0.4, 0.5) is 0 Å². The molecule has 0 spiro atoms. The summed E-state index contributed by atoms with van der Waals surface area (Å²) < 4.78 is 0. The minimum Gasteiger partial charge on any atom is -0.314 e. The second-order valence-corrected chi connectivity index (χ2v) is 6.80. The van der Waals surface area contributed by atoms with Crippen LogP contribution >= 0.6 is 12.4 Å². The molecule has 1 N–H and O–H groups in total.